The maximum absolute atomic E-state index is 5.99. The summed E-state index contributed by atoms with van der Waals surface area (Å²) in [7, 11) is 0. The van der Waals surface area contributed by atoms with Crippen LogP contribution in [0, 0.1) is 5.41 Å². The molecule has 96 valence electrons. The van der Waals surface area contributed by atoms with Crippen LogP contribution < -0.4 is 5.32 Å². The molecule has 6 heteroatoms. The zero-order valence-electron chi connectivity index (χ0n) is 10.5. The minimum atomic E-state index is 0.413. The Hall–Kier alpha value is -1.36. The van der Waals surface area contributed by atoms with Gasteiger partial charge in [0.15, 0.2) is 0 Å². The van der Waals surface area contributed by atoms with Gasteiger partial charge in [-0.1, -0.05) is 25.4 Å². The smallest absolute Gasteiger partial charge is 0.255 e. The van der Waals surface area contributed by atoms with Gasteiger partial charge in [-0.25, -0.2) is 0 Å². The van der Waals surface area contributed by atoms with Crippen LogP contribution in [0.1, 0.15) is 33.1 Å². The molecule has 1 saturated carbocycles. The Morgan fingerprint density at radius 1 is 1.50 bits per heavy atom. The zero-order chi connectivity index (χ0) is 12.8. The van der Waals surface area contributed by atoms with Gasteiger partial charge >= 0.3 is 0 Å². The first-order valence-corrected chi connectivity index (χ1v) is 6.54. The first-order chi connectivity index (χ1) is 8.53. The first kappa shape index (κ1) is 11.7. The van der Waals surface area contributed by atoms with Gasteiger partial charge in [0.1, 0.15) is 17.3 Å². The summed E-state index contributed by atoms with van der Waals surface area (Å²) in [6.45, 7) is 4.61. The molecule has 1 unspecified atom stereocenters. The maximum Gasteiger partial charge on any atom is 0.255 e. The van der Waals surface area contributed by atoms with Crippen LogP contribution >= 0.6 is 11.6 Å². The Morgan fingerprint density at radius 3 is 3.06 bits per heavy atom. The van der Waals surface area contributed by atoms with E-state index in [0.717, 1.165) is 12.2 Å². The summed E-state index contributed by atoms with van der Waals surface area (Å²) in [6, 6.07) is 2.26. The molecular formula is C12H16ClN5. The normalized spacial score (nSPS) is 22.5. The summed E-state index contributed by atoms with van der Waals surface area (Å²) < 4.78 is 1.69. The van der Waals surface area contributed by atoms with Crippen molar-refractivity contribution < 1.29 is 0 Å². The zero-order valence-corrected chi connectivity index (χ0v) is 11.3. The van der Waals surface area contributed by atoms with E-state index < -0.39 is 0 Å². The van der Waals surface area contributed by atoms with E-state index in [0.29, 0.717) is 22.4 Å². The number of fused-ring (bicyclic) bond motifs is 1. The number of aromatic nitrogens is 4. The molecule has 0 spiro atoms. The molecule has 1 aliphatic rings. The van der Waals surface area contributed by atoms with Crippen LogP contribution in [0.25, 0.3) is 5.78 Å². The standard InChI is InChI=1S/C12H16ClN5/c1-12(2)4-3-8(6-12)16-10-5-9(13)17-11-14-7-15-18(10)11/h5,7-8,16H,3-4,6H2,1-2H3. The molecule has 1 atom stereocenters. The van der Waals surface area contributed by atoms with Crippen LogP contribution in [0.2, 0.25) is 5.15 Å². The summed E-state index contributed by atoms with van der Waals surface area (Å²) in [6.07, 6.45) is 5.05. The lowest BCUT2D eigenvalue weighted by molar-refractivity contribution is 0.378. The van der Waals surface area contributed by atoms with Gasteiger partial charge < -0.3 is 5.32 Å². The third-order valence-corrected chi connectivity index (χ3v) is 3.73. The van der Waals surface area contributed by atoms with Crippen molar-refractivity contribution in [3.05, 3.63) is 17.5 Å². The SMILES string of the molecule is CC1(C)CCC(Nc2cc(Cl)nc3ncnn23)C1. The molecule has 0 aromatic carbocycles. The number of rotatable bonds is 2. The van der Waals surface area contributed by atoms with E-state index in [1.807, 2.05) is 0 Å². The van der Waals surface area contributed by atoms with Gasteiger partial charge in [-0.15, -0.1) is 0 Å². The number of nitrogens with zero attached hydrogens (tertiary/aromatic N) is 4. The highest BCUT2D eigenvalue weighted by molar-refractivity contribution is 6.29. The van der Waals surface area contributed by atoms with E-state index in [9.17, 15) is 0 Å². The molecule has 2 aromatic rings. The van der Waals surface area contributed by atoms with Crippen LogP contribution in [-0.4, -0.2) is 25.6 Å². The van der Waals surface area contributed by atoms with Crippen molar-refractivity contribution in [3.63, 3.8) is 0 Å². The second kappa shape index (κ2) is 4.09. The van der Waals surface area contributed by atoms with E-state index in [1.165, 1.54) is 19.2 Å². The Kier molecular flexibility index (Phi) is 2.66. The van der Waals surface area contributed by atoms with Gasteiger partial charge in [-0.05, 0) is 24.7 Å². The fraction of sp³-hybridized carbons (Fsp3) is 0.583. The maximum atomic E-state index is 5.99. The number of halogens is 1. The summed E-state index contributed by atoms with van der Waals surface area (Å²) in [5.74, 6) is 1.40. The Balaban J connectivity index is 1.88. The molecule has 2 aromatic heterocycles. The van der Waals surface area contributed by atoms with Crippen molar-refractivity contribution in [2.45, 2.75) is 39.2 Å². The lowest BCUT2D eigenvalue weighted by Crippen LogP contribution is -2.19. The molecule has 1 fully saturated rings. The van der Waals surface area contributed by atoms with Crippen molar-refractivity contribution in [1.82, 2.24) is 19.6 Å². The van der Waals surface area contributed by atoms with Crippen molar-refractivity contribution in [2.24, 2.45) is 5.41 Å². The summed E-state index contributed by atoms with van der Waals surface area (Å²) in [4.78, 5) is 8.17. The predicted octanol–water partition coefficient (Wildman–Crippen LogP) is 2.77. The van der Waals surface area contributed by atoms with E-state index in [2.05, 4.69) is 34.2 Å². The third-order valence-electron chi connectivity index (χ3n) is 3.54. The average molecular weight is 266 g/mol. The van der Waals surface area contributed by atoms with Crippen molar-refractivity contribution >= 4 is 23.2 Å². The van der Waals surface area contributed by atoms with Crippen molar-refractivity contribution in [2.75, 3.05) is 5.32 Å². The molecule has 18 heavy (non-hydrogen) atoms. The second-order valence-corrected chi connectivity index (χ2v) is 6.07. The highest BCUT2D eigenvalue weighted by Crippen LogP contribution is 2.38. The third kappa shape index (κ3) is 2.14. The molecule has 2 heterocycles. The van der Waals surface area contributed by atoms with Gasteiger partial charge in [0, 0.05) is 12.1 Å². The largest absolute Gasteiger partial charge is 0.367 e. The van der Waals surface area contributed by atoms with Crippen molar-refractivity contribution in [1.29, 1.82) is 0 Å². The van der Waals surface area contributed by atoms with E-state index in [-0.39, 0.29) is 0 Å². The van der Waals surface area contributed by atoms with Crippen LogP contribution in [0.4, 0.5) is 5.82 Å². The molecular weight excluding hydrogens is 250 g/mol. The number of anilines is 1. The number of nitrogens with one attached hydrogen (secondary N) is 1. The minimum absolute atomic E-state index is 0.413. The lowest BCUT2D eigenvalue weighted by atomic mass is 9.92. The van der Waals surface area contributed by atoms with Gasteiger partial charge in [0.2, 0.25) is 0 Å². The molecule has 0 radical (unpaired) electrons. The van der Waals surface area contributed by atoms with Gasteiger partial charge in [0.25, 0.3) is 5.78 Å². The summed E-state index contributed by atoms with van der Waals surface area (Å²) in [5, 5.41) is 8.10. The van der Waals surface area contributed by atoms with Crippen LogP contribution in [-0.2, 0) is 0 Å². The highest BCUT2D eigenvalue weighted by Gasteiger charge is 2.31. The Labute approximate surface area is 111 Å². The lowest BCUT2D eigenvalue weighted by Gasteiger charge is -2.18. The molecule has 0 bridgehead atoms. The number of hydrogen-bond acceptors (Lipinski definition) is 4. The topological polar surface area (TPSA) is 55.1 Å². The molecule has 1 N–H and O–H groups in total. The molecule has 1 aliphatic carbocycles. The minimum Gasteiger partial charge on any atom is -0.367 e. The van der Waals surface area contributed by atoms with Gasteiger partial charge in [-0.3, -0.25) is 0 Å². The molecule has 0 amide bonds. The molecule has 3 rings (SSSR count). The molecule has 0 aliphatic heterocycles. The monoisotopic (exact) mass is 265 g/mol. The quantitative estimate of drug-likeness (QED) is 0.849. The molecule has 0 saturated heterocycles. The van der Waals surface area contributed by atoms with Crippen LogP contribution in [0.5, 0.6) is 0 Å². The molecule has 5 nitrogen and oxygen atoms in total. The van der Waals surface area contributed by atoms with Gasteiger partial charge in [0.05, 0.1) is 0 Å². The Morgan fingerprint density at radius 2 is 2.33 bits per heavy atom. The van der Waals surface area contributed by atoms with Crippen molar-refractivity contribution in [3.8, 4) is 0 Å². The fourth-order valence-corrected chi connectivity index (χ4v) is 2.83. The van der Waals surface area contributed by atoms with Crippen LogP contribution in [0.15, 0.2) is 12.4 Å². The highest BCUT2D eigenvalue weighted by atomic mass is 35.5. The average Bonchev–Trinajstić information content (AvgIpc) is 2.84. The van der Waals surface area contributed by atoms with E-state index >= 15 is 0 Å². The predicted molar refractivity (Wildman–Crippen MR) is 70.8 cm³/mol. The second-order valence-electron chi connectivity index (χ2n) is 5.68. The fourth-order valence-electron chi connectivity index (χ4n) is 2.65. The summed E-state index contributed by atoms with van der Waals surface area (Å²) in [5.41, 5.74) is 0.413. The van der Waals surface area contributed by atoms with Crippen LogP contribution in [0.3, 0.4) is 0 Å². The van der Waals surface area contributed by atoms with E-state index in [4.69, 9.17) is 11.6 Å². The number of hydrogen-bond donors (Lipinski definition) is 1. The summed E-state index contributed by atoms with van der Waals surface area (Å²) >= 11 is 5.99. The Bertz CT molecular complexity index is 577. The van der Waals surface area contributed by atoms with Gasteiger partial charge in [-0.2, -0.15) is 19.6 Å². The first-order valence-electron chi connectivity index (χ1n) is 6.16. The van der Waals surface area contributed by atoms with E-state index in [1.54, 1.807) is 10.6 Å².